The SMILES string of the molecule is CCc1nnc2sc(COc3ccc(F)cc3)nn12. The number of fused-ring (bicyclic) bond motifs is 1. The molecule has 2 aromatic heterocycles. The van der Waals surface area contributed by atoms with Gasteiger partial charge in [0.1, 0.15) is 18.2 Å². The molecule has 0 amide bonds. The van der Waals surface area contributed by atoms with Gasteiger partial charge in [0.2, 0.25) is 4.96 Å². The van der Waals surface area contributed by atoms with Gasteiger partial charge in [-0.3, -0.25) is 0 Å². The Hall–Kier alpha value is -2.02. The Labute approximate surface area is 112 Å². The highest BCUT2D eigenvalue weighted by Gasteiger charge is 2.10. The van der Waals surface area contributed by atoms with Crippen molar-refractivity contribution in [3.8, 4) is 5.75 Å². The Morgan fingerprint density at radius 1 is 1.26 bits per heavy atom. The maximum absolute atomic E-state index is 12.7. The van der Waals surface area contributed by atoms with Crippen LogP contribution in [-0.4, -0.2) is 19.8 Å². The van der Waals surface area contributed by atoms with E-state index >= 15 is 0 Å². The highest BCUT2D eigenvalue weighted by atomic mass is 32.1. The molecule has 2 heterocycles. The van der Waals surface area contributed by atoms with Crippen LogP contribution in [0, 0.1) is 5.82 Å². The summed E-state index contributed by atoms with van der Waals surface area (Å²) < 4.78 is 20.0. The predicted octanol–water partition coefficient (Wildman–Crippen LogP) is 2.47. The molecular weight excluding hydrogens is 267 g/mol. The average molecular weight is 278 g/mol. The minimum absolute atomic E-state index is 0.279. The fraction of sp³-hybridized carbons (Fsp3) is 0.250. The number of rotatable bonds is 4. The molecule has 0 saturated heterocycles. The number of benzene rings is 1. The van der Waals surface area contributed by atoms with E-state index in [2.05, 4.69) is 15.3 Å². The topological polar surface area (TPSA) is 52.3 Å². The third-order valence-corrected chi connectivity index (χ3v) is 3.46. The summed E-state index contributed by atoms with van der Waals surface area (Å²) in [4.78, 5) is 0.759. The number of halogens is 1. The van der Waals surface area contributed by atoms with Crippen LogP contribution in [0.15, 0.2) is 24.3 Å². The third kappa shape index (κ3) is 2.41. The molecule has 19 heavy (non-hydrogen) atoms. The molecule has 3 rings (SSSR count). The van der Waals surface area contributed by atoms with Gasteiger partial charge in [0.05, 0.1) is 0 Å². The molecule has 0 spiro atoms. The zero-order valence-electron chi connectivity index (χ0n) is 10.2. The third-order valence-electron chi connectivity index (χ3n) is 2.59. The molecule has 0 unspecified atom stereocenters. The standard InChI is InChI=1S/C12H11FN4OS/c1-2-10-14-15-12-17(10)16-11(19-12)7-18-9-5-3-8(13)4-6-9/h3-6H,2,7H2,1H3. The predicted molar refractivity (Wildman–Crippen MR) is 68.8 cm³/mol. The van der Waals surface area contributed by atoms with Gasteiger partial charge in [-0.2, -0.15) is 9.61 Å². The van der Waals surface area contributed by atoms with Gasteiger partial charge >= 0.3 is 0 Å². The lowest BCUT2D eigenvalue weighted by Gasteiger charge is -2.02. The maximum atomic E-state index is 12.7. The van der Waals surface area contributed by atoms with Crippen molar-refractivity contribution in [2.75, 3.05) is 0 Å². The van der Waals surface area contributed by atoms with E-state index in [1.807, 2.05) is 6.92 Å². The zero-order valence-corrected chi connectivity index (χ0v) is 11.0. The first-order valence-corrected chi connectivity index (χ1v) is 6.66. The quantitative estimate of drug-likeness (QED) is 0.735. The van der Waals surface area contributed by atoms with Crippen LogP contribution in [0.25, 0.3) is 4.96 Å². The molecule has 98 valence electrons. The van der Waals surface area contributed by atoms with Crippen LogP contribution >= 0.6 is 11.3 Å². The summed E-state index contributed by atoms with van der Waals surface area (Å²) in [6.07, 6.45) is 0.781. The summed E-state index contributed by atoms with van der Waals surface area (Å²) in [6, 6.07) is 5.91. The second-order valence-electron chi connectivity index (χ2n) is 3.90. The lowest BCUT2D eigenvalue weighted by atomic mass is 10.3. The number of aryl methyl sites for hydroxylation is 1. The number of aromatic nitrogens is 4. The van der Waals surface area contributed by atoms with Crippen molar-refractivity contribution in [3.63, 3.8) is 0 Å². The zero-order chi connectivity index (χ0) is 13.2. The van der Waals surface area contributed by atoms with E-state index < -0.39 is 0 Å². The van der Waals surface area contributed by atoms with Crippen LogP contribution < -0.4 is 4.74 Å². The molecule has 5 nitrogen and oxygen atoms in total. The normalized spacial score (nSPS) is 11.1. The van der Waals surface area contributed by atoms with E-state index in [0.717, 1.165) is 22.2 Å². The van der Waals surface area contributed by atoms with Gasteiger partial charge in [-0.1, -0.05) is 18.3 Å². The first-order valence-electron chi connectivity index (χ1n) is 5.84. The molecule has 0 saturated carbocycles. The van der Waals surface area contributed by atoms with Crippen molar-refractivity contribution in [3.05, 3.63) is 40.9 Å². The van der Waals surface area contributed by atoms with Crippen LogP contribution in [0.2, 0.25) is 0 Å². The number of hydrogen-bond acceptors (Lipinski definition) is 5. The molecule has 0 radical (unpaired) electrons. The lowest BCUT2D eigenvalue weighted by molar-refractivity contribution is 0.303. The van der Waals surface area contributed by atoms with Gasteiger partial charge in [0.15, 0.2) is 10.8 Å². The van der Waals surface area contributed by atoms with E-state index in [-0.39, 0.29) is 5.82 Å². The Morgan fingerprint density at radius 3 is 2.79 bits per heavy atom. The van der Waals surface area contributed by atoms with Crippen molar-refractivity contribution >= 4 is 16.3 Å². The van der Waals surface area contributed by atoms with Gasteiger partial charge in [0.25, 0.3) is 0 Å². The molecule has 7 heteroatoms. The average Bonchev–Trinajstić information content (AvgIpc) is 2.97. The minimum atomic E-state index is -0.279. The van der Waals surface area contributed by atoms with Crippen molar-refractivity contribution in [1.29, 1.82) is 0 Å². The van der Waals surface area contributed by atoms with Crippen LogP contribution in [-0.2, 0) is 13.0 Å². The smallest absolute Gasteiger partial charge is 0.234 e. The Kier molecular flexibility index (Phi) is 3.12. The van der Waals surface area contributed by atoms with Crippen LogP contribution in [0.4, 0.5) is 4.39 Å². The molecular formula is C12H11FN4OS. The highest BCUT2D eigenvalue weighted by molar-refractivity contribution is 7.16. The van der Waals surface area contributed by atoms with Gasteiger partial charge < -0.3 is 4.74 Å². The van der Waals surface area contributed by atoms with Crippen LogP contribution in [0.3, 0.4) is 0 Å². The van der Waals surface area contributed by atoms with Gasteiger partial charge in [-0.05, 0) is 24.3 Å². The molecule has 0 fully saturated rings. The van der Waals surface area contributed by atoms with Crippen molar-refractivity contribution in [2.45, 2.75) is 20.0 Å². The molecule has 0 aliphatic carbocycles. The van der Waals surface area contributed by atoms with E-state index in [9.17, 15) is 4.39 Å². The lowest BCUT2D eigenvalue weighted by Crippen LogP contribution is -1.98. The monoisotopic (exact) mass is 278 g/mol. The first kappa shape index (κ1) is 12.0. The number of hydrogen-bond donors (Lipinski definition) is 0. The summed E-state index contributed by atoms with van der Waals surface area (Å²) in [5.74, 6) is 1.17. The summed E-state index contributed by atoms with van der Waals surface area (Å²) in [7, 11) is 0. The summed E-state index contributed by atoms with van der Waals surface area (Å²) in [5.41, 5.74) is 0. The largest absolute Gasteiger partial charge is 0.486 e. The molecule has 3 aromatic rings. The Balaban J connectivity index is 1.74. The molecule has 0 aliphatic rings. The van der Waals surface area contributed by atoms with E-state index in [0.29, 0.717) is 12.4 Å². The van der Waals surface area contributed by atoms with E-state index in [1.165, 1.54) is 23.5 Å². The Morgan fingerprint density at radius 2 is 2.05 bits per heavy atom. The minimum Gasteiger partial charge on any atom is -0.486 e. The summed E-state index contributed by atoms with van der Waals surface area (Å²) in [6.45, 7) is 2.34. The van der Waals surface area contributed by atoms with Crippen molar-refractivity contribution in [2.24, 2.45) is 0 Å². The first-order chi connectivity index (χ1) is 9.26. The molecule has 0 N–H and O–H groups in total. The number of nitrogens with zero attached hydrogens (tertiary/aromatic N) is 4. The number of ether oxygens (including phenoxy) is 1. The molecule has 1 aromatic carbocycles. The van der Waals surface area contributed by atoms with E-state index in [1.54, 1.807) is 16.6 Å². The van der Waals surface area contributed by atoms with Crippen molar-refractivity contribution < 1.29 is 9.13 Å². The summed E-state index contributed by atoms with van der Waals surface area (Å²) >= 11 is 1.44. The summed E-state index contributed by atoms with van der Waals surface area (Å²) in [5, 5.41) is 13.3. The van der Waals surface area contributed by atoms with Gasteiger partial charge in [-0.15, -0.1) is 10.2 Å². The fourth-order valence-corrected chi connectivity index (χ4v) is 2.42. The van der Waals surface area contributed by atoms with E-state index in [4.69, 9.17) is 4.74 Å². The maximum Gasteiger partial charge on any atom is 0.234 e. The van der Waals surface area contributed by atoms with Crippen molar-refractivity contribution in [1.82, 2.24) is 19.8 Å². The molecule has 0 bridgehead atoms. The van der Waals surface area contributed by atoms with Gasteiger partial charge in [-0.25, -0.2) is 4.39 Å². The van der Waals surface area contributed by atoms with Crippen LogP contribution in [0.5, 0.6) is 5.75 Å². The second-order valence-corrected chi connectivity index (χ2v) is 4.94. The second kappa shape index (κ2) is 4.93. The highest BCUT2D eigenvalue weighted by Crippen LogP contribution is 2.17. The fourth-order valence-electron chi connectivity index (χ4n) is 1.65. The van der Waals surface area contributed by atoms with Gasteiger partial charge in [0, 0.05) is 6.42 Å². The molecule has 0 aliphatic heterocycles. The molecule has 0 atom stereocenters. The van der Waals surface area contributed by atoms with Crippen LogP contribution in [0.1, 0.15) is 17.8 Å². The Bertz CT molecular complexity index is 691.